The normalized spacial score (nSPS) is 31.1. The second-order valence-electron chi connectivity index (χ2n) is 17.6. The van der Waals surface area contributed by atoms with Gasteiger partial charge in [-0.15, -0.1) is 0 Å². The first-order valence-corrected chi connectivity index (χ1v) is 23.3. The van der Waals surface area contributed by atoms with Crippen LogP contribution in [0.3, 0.4) is 0 Å². The number of allylic oxidation sites excluding steroid dienone is 4. The molecule has 0 N–H and O–H groups in total. The zero-order valence-electron chi connectivity index (χ0n) is 31.4. The van der Waals surface area contributed by atoms with Gasteiger partial charge in [-0.05, 0) is 109 Å². The summed E-state index contributed by atoms with van der Waals surface area (Å²) in [7, 11) is -0.765. The van der Waals surface area contributed by atoms with Crippen molar-refractivity contribution in [1.29, 1.82) is 0 Å². The van der Waals surface area contributed by atoms with Crippen molar-refractivity contribution >= 4 is 22.5 Å². The molecule has 3 saturated carbocycles. The molecule has 0 saturated heterocycles. The predicted octanol–water partition coefficient (Wildman–Crippen LogP) is 10.4. The number of hydrogen-bond acceptors (Lipinski definition) is 4. The van der Waals surface area contributed by atoms with Crippen LogP contribution in [-0.4, -0.2) is 54.0 Å². The van der Waals surface area contributed by atoms with E-state index < -0.39 is 16.6 Å². The monoisotopic (exact) mass is 657 g/mol. The predicted molar refractivity (Wildman–Crippen MR) is 195 cm³/mol. The number of rotatable bonds is 9. The Balaban J connectivity index is 1.89. The number of fused-ring (bicyclic) bond motifs is 1. The molecule has 0 aliphatic heterocycles. The van der Waals surface area contributed by atoms with Crippen molar-refractivity contribution in [2.45, 2.75) is 149 Å². The number of nitrogens with zero attached hydrogens (tertiary/aromatic N) is 1. The average molecular weight is 658 g/mol. The number of carbonyl (C=O) groups excluding carboxylic acids is 1. The first kappa shape index (κ1) is 38.2. The molecule has 0 aromatic rings. The fourth-order valence-corrected chi connectivity index (χ4v) is 10.1. The van der Waals surface area contributed by atoms with Crippen LogP contribution in [0.15, 0.2) is 47.6 Å². The van der Waals surface area contributed by atoms with Crippen LogP contribution in [0.25, 0.3) is 0 Å². The van der Waals surface area contributed by atoms with Crippen molar-refractivity contribution in [2.24, 2.45) is 23.2 Å². The van der Waals surface area contributed by atoms with E-state index >= 15 is 0 Å². The number of hydrogen-bond donors (Lipinski definition) is 0. The summed E-state index contributed by atoms with van der Waals surface area (Å²) in [5.41, 5.74) is 4.29. The molecular weight excluding hydrogens is 591 g/mol. The highest BCUT2D eigenvalue weighted by atomic mass is 28.4. The van der Waals surface area contributed by atoms with E-state index in [0.29, 0.717) is 17.8 Å². The highest BCUT2D eigenvalue weighted by molar-refractivity contribution is 6.74. The highest BCUT2D eigenvalue weighted by Gasteiger charge is 2.50. The second-order valence-corrected chi connectivity index (χ2v) is 27.1. The van der Waals surface area contributed by atoms with Gasteiger partial charge >= 0.3 is 0 Å². The summed E-state index contributed by atoms with van der Waals surface area (Å²) < 4.78 is 14.1. The molecule has 0 spiro atoms. The van der Waals surface area contributed by atoms with E-state index in [9.17, 15) is 4.79 Å². The highest BCUT2D eigenvalue weighted by Crippen LogP contribution is 2.59. The van der Waals surface area contributed by atoms with Gasteiger partial charge in [-0.25, -0.2) is 5.06 Å². The van der Waals surface area contributed by atoms with Crippen molar-refractivity contribution in [3.05, 3.63) is 47.6 Å². The van der Waals surface area contributed by atoms with Crippen LogP contribution in [0.1, 0.15) is 100 Å². The van der Waals surface area contributed by atoms with Crippen molar-refractivity contribution < 1.29 is 18.5 Å². The Morgan fingerprint density at radius 1 is 1.02 bits per heavy atom. The van der Waals surface area contributed by atoms with E-state index in [1.54, 1.807) is 18.7 Å². The summed E-state index contributed by atoms with van der Waals surface area (Å²) >= 11 is 0. The summed E-state index contributed by atoms with van der Waals surface area (Å²) in [6, 6.07) is 0. The Labute approximate surface area is 279 Å². The number of carbonyl (C=O) groups is 1. The third-order valence-electron chi connectivity index (χ3n) is 12.5. The van der Waals surface area contributed by atoms with E-state index in [-0.39, 0.29) is 33.6 Å². The third-order valence-corrected chi connectivity index (χ3v) is 21.6. The van der Waals surface area contributed by atoms with Gasteiger partial charge in [-0.3, -0.25) is 9.63 Å². The molecule has 3 aliphatic rings. The Morgan fingerprint density at radius 3 is 2.20 bits per heavy atom. The van der Waals surface area contributed by atoms with Crippen LogP contribution in [-0.2, 0) is 18.5 Å². The lowest BCUT2D eigenvalue weighted by molar-refractivity contribution is -0.162. The molecule has 4 unspecified atom stereocenters. The molecule has 0 aromatic heterocycles. The second kappa shape index (κ2) is 14.1. The van der Waals surface area contributed by atoms with E-state index in [2.05, 4.69) is 106 Å². The quantitative estimate of drug-likeness (QED) is 0.141. The molecular formula is C38H67NO4Si2. The summed E-state index contributed by atoms with van der Waals surface area (Å²) in [6.45, 7) is 32.8. The lowest BCUT2D eigenvalue weighted by atomic mass is 9.61. The van der Waals surface area contributed by atoms with Crippen molar-refractivity contribution in [3.8, 4) is 0 Å². The molecule has 0 aromatic carbocycles. The number of likely N-dealkylation sites (N-methyl/N-ethyl adjacent to an activating group) is 1. The zero-order valence-corrected chi connectivity index (χ0v) is 33.4. The molecule has 3 fully saturated rings. The molecule has 5 nitrogen and oxygen atoms in total. The van der Waals surface area contributed by atoms with E-state index in [0.717, 1.165) is 18.4 Å². The lowest BCUT2D eigenvalue weighted by Gasteiger charge is -2.45. The molecule has 1 amide bonds. The molecule has 256 valence electrons. The van der Waals surface area contributed by atoms with Crippen LogP contribution >= 0.6 is 0 Å². The molecule has 3 rings (SSSR count). The number of hydroxylamine groups is 2. The van der Waals surface area contributed by atoms with Crippen LogP contribution in [0.2, 0.25) is 36.3 Å². The van der Waals surface area contributed by atoms with Crippen LogP contribution in [0.5, 0.6) is 0 Å². The molecule has 3 aliphatic carbocycles. The third kappa shape index (κ3) is 8.62. The Bertz CT molecular complexity index is 1170. The first-order valence-electron chi connectivity index (χ1n) is 17.5. The van der Waals surface area contributed by atoms with Gasteiger partial charge in [0.05, 0.1) is 19.3 Å². The van der Waals surface area contributed by atoms with Crippen molar-refractivity contribution in [3.63, 3.8) is 0 Å². The zero-order chi connectivity index (χ0) is 34.2. The Hall–Kier alpha value is -1.26. The summed E-state index contributed by atoms with van der Waals surface area (Å²) in [4.78, 5) is 17.4. The standard InChI is InChI=1S/C38H67NO4Si2/c1-27(18-23-35(40)39(10)41-11)32-21-22-33-29(17-16-24-38(32,33)9)19-20-30-25-31(42-44(12,13)36(3,4)5)26-34(28(30)2)43-45(14,15)37(6,7)8/h18-20,23,27,31-34H,2,16-17,21-22,24-26H2,1,3-15H3/b23-18+,29-19+,30-20-/t27-,31?,32?,33?,34?,38-/m1/s1. The molecule has 6 atom stereocenters. The fraction of sp³-hybridized carbons (Fsp3) is 0.763. The maximum absolute atomic E-state index is 12.3. The van der Waals surface area contributed by atoms with E-state index in [1.807, 2.05) is 0 Å². The largest absolute Gasteiger partial charge is 0.413 e. The van der Waals surface area contributed by atoms with Gasteiger partial charge in [0.15, 0.2) is 16.6 Å². The minimum Gasteiger partial charge on any atom is -0.413 e. The summed E-state index contributed by atoms with van der Waals surface area (Å²) in [6.07, 6.45) is 16.6. The molecule has 0 radical (unpaired) electrons. The molecule has 0 bridgehead atoms. The Morgan fingerprint density at radius 2 is 1.62 bits per heavy atom. The van der Waals surface area contributed by atoms with Gasteiger partial charge in [0.1, 0.15) is 0 Å². The number of amides is 1. The molecule has 7 heteroatoms. The van der Waals surface area contributed by atoms with Gasteiger partial charge < -0.3 is 8.85 Å². The van der Waals surface area contributed by atoms with Crippen LogP contribution in [0, 0.1) is 23.2 Å². The fourth-order valence-electron chi connectivity index (χ4n) is 7.47. The van der Waals surface area contributed by atoms with Crippen molar-refractivity contribution in [2.75, 3.05) is 14.2 Å². The maximum atomic E-state index is 12.3. The Kier molecular flexibility index (Phi) is 11.9. The van der Waals surface area contributed by atoms with Crippen LogP contribution in [0.4, 0.5) is 0 Å². The van der Waals surface area contributed by atoms with Gasteiger partial charge in [0, 0.05) is 19.5 Å². The first-order chi connectivity index (χ1) is 20.5. The van der Waals surface area contributed by atoms with Crippen LogP contribution < -0.4 is 0 Å². The van der Waals surface area contributed by atoms with E-state index in [1.165, 1.54) is 49.9 Å². The maximum Gasteiger partial charge on any atom is 0.269 e. The minimum atomic E-state index is -2.00. The molecule has 0 heterocycles. The van der Waals surface area contributed by atoms with Gasteiger partial charge in [-0.1, -0.05) is 85.8 Å². The van der Waals surface area contributed by atoms with Crippen molar-refractivity contribution in [1.82, 2.24) is 5.06 Å². The smallest absolute Gasteiger partial charge is 0.269 e. The lowest BCUT2D eigenvalue weighted by Crippen LogP contribution is -2.49. The van der Waals surface area contributed by atoms with Gasteiger partial charge in [0.2, 0.25) is 0 Å². The molecule has 45 heavy (non-hydrogen) atoms. The van der Waals surface area contributed by atoms with Gasteiger partial charge in [0.25, 0.3) is 5.91 Å². The SMILES string of the molecule is C=C1/C(=C\C=C2/CCC[C@@]3(C)C2CCC3[C@H](C)/C=C/C(=O)N(C)OC)CC(O[Si](C)(C)C(C)(C)C)CC1O[Si](C)(C)C(C)(C)C. The van der Waals surface area contributed by atoms with E-state index in [4.69, 9.17) is 13.7 Å². The minimum absolute atomic E-state index is 0.000886. The topological polar surface area (TPSA) is 48.0 Å². The summed E-state index contributed by atoms with van der Waals surface area (Å²) in [5.74, 6) is 1.37. The van der Waals surface area contributed by atoms with Gasteiger partial charge in [-0.2, -0.15) is 0 Å². The summed E-state index contributed by atoms with van der Waals surface area (Å²) in [5, 5.41) is 1.57. The average Bonchev–Trinajstić information content (AvgIpc) is 3.27.